The first-order valence-corrected chi connectivity index (χ1v) is 11.8. The molecular weight excluding hydrogens is 517 g/mol. The Morgan fingerprint density at radius 1 is 1.13 bits per heavy atom. The maximum Gasteiger partial charge on any atom is 0.335 e. The highest BCUT2D eigenvalue weighted by atomic mass is 35.5. The van der Waals surface area contributed by atoms with Crippen molar-refractivity contribution in [2.75, 3.05) is 7.11 Å². The van der Waals surface area contributed by atoms with Crippen LogP contribution in [0.4, 0.5) is 10.1 Å². The third-order valence-corrected chi connectivity index (χ3v) is 5.75. The summed E-state index contributed by atoms with van der Waals surface area (Å²) < 4.78 is 27.0. The predicted octanol–water partition coefficient (Wildman–Crippen LogP) is 3.41. The number of pyridine rings is 1. The second kappa shape index (κ2) is 11.7. The number of esters is 1. The van der Waals surface area contributed by atoms with Crippen LogP contribution >= 0.6 is 11.6 Å². The predicted molar refractivity (Wildman–Crippen MR) is 137 cm³/mol. The highest BCUT2D eigenvalue weighted by molar-refractivity contribution is 6.30. The van der Waals surface area contributed by atoms with Gasteiger partial charge in [0, 0.05) is 29.9 Å². The molecule has 0 radical (unpaired) electrons. The van der Waals surface area contributed by atoms with E-state index in [1.54, 1.807) is 42.5 Å². The van der Waals surface area contributed by atoms with E-state index in [-0.39, 0.29) is 36.0 Å². The van der Waals surface area contributed by atoms with Crippen LogP contribution in [-0.2, 0) is 22.6 Å². The van der Waals surface area contributed by atoms with E-state index in [0.29, 0.717) is 10.6 Å². The molecule has 0 bridgehead atoms. The fraction of sp³-hybridized carbons (Fsp3) is 0.192. The topological polar surface area (TPSA) is 121 Å². The van der Waals surface area contributed by atoms with E-state index in [1.807, 2.05) is 0 Å². The highest BCUT2D eigenvalue weighted by Gasteiger charge is 2.18. The SMILES string of the molecule is COC(=O)[C@H](C)Cn1c(=O)[nH]/c(=N\c2ccc(Oc3ccccn3)c(F)c2)n(Cc2ccc(Cl)cc2)c1=O. The van der Waals surface area contributed by atoms with Gasteiger partial charge < -0.3 is 9.47 Å². The first-order valence-electron chi connectivity index (χ1n) is 11.4. The molecule has 12 heteroatoms. The zero-order chi connectivity index (χ0) is 27.2. The molecule has 1 N–H and O–H groups in total. The lowest BCUT2D eigenvalue weighted by Crippen LogP contribution is -2.51. The second-order valence-electron chi connectivity index (χ2n) is 8.28. The fourth-order valence-electron chi connectivity index (χ4n) is 3.55. The van der Waals surface area contributed by atoms with E-state index in [0.717, 1.165) is 10.6 Å². The van der Waals surface area contributed by atoms with Gasteiger partial charge >= 0.3 is 17.3 Å². The molecule has 2 aromatic carbocycles. The largest absolute Gasteiger partial charge is 0.469 e. The molecule has 0 saturated carbocycles. The van der Waals surface area contributed by atoms with Gasteiger partial charge in [-0.05, 0) is 35.9 Å². The van der Waals surface area contributed by atoms with Crippen LogP contribution in [0.2, 0.25) is 5.02 Å². The molecule has 2 aromatic heterocycles. The molecule has 0 amide bonds. The maximum absolute atomic E-state index is 14.8. The number of ether oxygens (including phenoxy) is 2. The van der Waals surface area contributed by atoms with Gasteiger partial charge in [-0.15, -0.1) is 0 Å². The number of rotatable bonds is 8. The molecule has 4 rings (SSSR count). The van der Waals surface area contributed by atoms with E-state index >= 15 is 0 Å². The third kappa shape index (κ3) is 6.24. The molecule has 0 unspecified atom stereocenters. The molecular formula is C26H23ClFN5O5. The minimum absolute atomic E-state index is 0.0155. The van der Waals surface area contributed by atoms with Crippen LogP contribution in [0.5, 0.6) is 11.6 Å². The lowest BCUT2D eigenvalue weighted by atomic mass is 10.2. The Kier molecular flexibility index (Phi) is 8.17. The number of nitrogens with zero attached hydrogens (tertiary/aromatic N) is 4. The van der Waals surface area contributed by atoms with Gasteiger partial charge in [0.25, 0.3) is 0 Å². The Morgan fingerprint density at radius 2 is 1.89 bits per heavy atom. The number of hydrogen-bond donors (Lipinski definition) is 1. The molecule has 0 aliphatic carbocycles. The normalized spacial score (nSPS) is 12.3. The van der Waals surface area contributed by atoms with Crippen molar-refractivity contribution in [1.29, 1.82) is 0 Å². The Hall–Kier alpha value is -4.51. The summed E-state index contributed by atoms with van der Waals surface area (Å²) in [6.07, 6.45) is 1.51. The Labute approximate surface area is 220 Å². The average Bonchev–Trinajstić information content (AvgIpc) is 2.91. The molecule has 4 aromatic rings. The van der Waals surface area contributed by atoms with Crippen molar-refractivity contribution in [3.05, 3.63) is 110 Å². The van der Waals surface area contributed by atoms with Crippen molar-refractivity contribution < 1.29 is 18.7 Å². The van der Waals surface area contributed by atoms with Crippen molar-refractivity contribution in [3.8, 4) is 11.6 Å². The van der Waals surface area contributed by atoms with Crippen molar-refractivity contribution in [1.82, 2.24) is 19.1 Å². The minimum atomic E-state index is -0.785. The van der Waals surface area contributed by atoms with Gasteiger partial charge in [-0.1, -0.05) is 36.7 Å². The Morgan fingerprint density at radius 3 is 2.55 bits per heavy atom. The summed E-state index contributed by atoms with van der Waals surface area (Å²) in [6.45, 7) is 1.34. The van der Waals surface area contributed by atoms with Crippen LogP contribution in [0.15, 0.2) is 81.4 Å². The van der Waals surface area contributed by atoms with Gasteiger partial charge in [-0.2, -0.15) is 0 Å². The molecule has 2 heterocycles. The number of H-pyrrole nitrogens is 1. The number of benzene rings is 2. The quantitative estimate of drug-likeness (QED) is 0.343. The van der Waals surface area contributed by atoms with Gasteiger partial charge in [0.15, 0.2) is 11.6 Å². The van der Waals surface area contributed by atoms with Crippen molar-refractivity contribution in [3.63, 3.8) is 0 Å². The Bertz CT molecular complexity index is 1630. The summed E-state index contributed by atoms with van der Waals surface area (Å²) in [6, 6.07) is 15.7. The molecule has 10 nitrogen and oxygen atoms in total. The molecule has 196 valence electrons. The van der Waals surface area contributed by atoms with Gasteiger partial charge in [-0.25, -0.2) is 28.5 Å². The van der Waals surface area contributed by atoms with Crippen LogP contribution in [0, 0.1) is 11.7 Å². The summed E-state index contributed by atoms with van der Waals surface area (Å²) in [7, 11) is 1.22. The molecule has 0 aliphatic heterocycles. The standard InChI is InChI=1S/C26H23ClFN5O5/c1-16(23(34)37-2)14-33-25(35)31-24(32(26(33)36)15-17-6-8-18(27)9-7-17)30-19-10-11-21(20(28)13-19)38-22-5-3-4-12-29-22/h3-13,16H,14-15H2,1-2H3,(H,30,31,35)/t16-/m1/s1. The number of carbonyl (C=O) groups is 1. The molecule has 38 heavy (non-hydrogen) atoms. The molecule has 1 atom stereocenters. The number of aromatic nitrogens is 4. The van der Waals surface area contributed by atoms with Crippen molar-refractivity contribution in [2.45, 2.75) is 20.0 Å². The van der Waals surface area contributed by atoms with Gasteiger partial charge in [-0.3, -0.25) is 14.3 Å². The molecule has 0 fully saturated rings. The summed E-state index contributed by atoms with van der Waals surface area (Å²) in [4.78, 5) is 49.0. The van der Waals surface area contributed by atoms with Gasteiger partial charge in [0.2, 0.25) is 11.5 Å². The number of aromatic amines is 1. The highest BCUT2D eigenvalue weighted by Crippen LogP contribution is 2.26. The molecule has 0 spiro atoms. The average molecular weight is 540 g/mol. The molecule has 0 aliphatic rings. The van der Waals surface area contributed by atoms with Crippen molar-refractivity contribution >= 4 is 23.3 Å². The smallest absolute Gasteiger partial charge is 0.335 e. The van der Waals surface area contributed by atoms with Crippen LogP contribution in [0.3, 0.4) is 0 Å². The van der Waals surface area contributed by atoms with Gasteiger partial charge in [0.1, 0.15) is 0 Å². The van der Waals surface area contributed by atoms with E-state index in [9.17, 15) is 18.8 Å². The number of carbonyl (C=O) groups excluding carboxylic acids is 1. The maximum atomic E-state index is 14.8. The molecule has 0 saturated heterocycles. The van der Waals surface area contributed by atoms with Crippen LogP contribution in [0.1, 0.15) is 12.5 Å². The lowest BCUT2D eigenvalue weighted by Gasteiger charge is -2.14. The van der Waals surface area contributed by atoms with Gasteiger partial charge in [0.05, 0.1) is 25.3 Å². The zero-order valence-corrected chi connectivity index (χ0v) is 21.2. The fourth-order valence-corrected chi connectivity index (χ4v) is 3.68. The number of nitrogens with one attached hydrogen (secondary N) is 1. The van der Waals surface area contributed by atoms with E-state index < -0.39 is 29.1 Å². The Balaban J connectivity index is 1.78. The monoisotopic (exact) mass is 539 g/mol. The number of halogens is 2. The van der Waals surface area contributed by atoms with Crippen LogP contribution in [-0.4, -0.2) is 32.2 Å². The number of hydrogen-bond acceptors (Lipinski definition) is 7. The van der Waals surface area contributed by atoms with Crippen molar-refractivity contribution in [2.24, 2.45) is 10.9 Å². The first kappa shape index (κ1) is 26.6. The van der Waals surface area contributed by atoms with Crippen LogP contribution in [0.25, 0.3) is 0 Å². The zero-order valence-electron chi connectivity index (χ0n) is 20.4. The second-order valence-corrected chi connectivity index (χ2v) is 8.72. The third-order valence-electron chi connectivity index (χ3n) is 5.50. The summed E-state index contributed by atoms with van der Waals surface area (Å²) >= 11 is 5.98. The first-order chi connectivity index (χ1) is 18.2. The summed E-state index contributed by atoms with van der Waals surface area (Å²) in [5.41, 5.74) is -0.801. The van der Waals surface area contributed by atoms with E-state index in [2.05, 4.69) is 15.0 Å². The summed E-state index contributed by atoms with van der Waals surface area (Å²) in [5, 5.41) is 0.512. The van der Waals surface area contributed by atoms with E-state index in [1.165, 1.54) is 36.9 Å². The van der Waals surface area contributed by atoms with Crippen LogP contribution < -0.4 is 21.7 Å². The lowest BCUT2D eigenvalue weighted by molar-refractivity contribution is -0.145. The minimum Gasteiger partial charge on any atom is -0.469 e. The summed E-state index contributed by atoms with van der Waals surface area (Å²) in [5.74, 6) is -1.91. The number of methoxy groups -OCH3 is 1. The van der Waals surface area contributed by atoms with E-state index in [4.69, 9.17) is 21.1 Å².